The van der Waals surface area contributed by atoms with Gasteiger partial charge in [0.05, 0.1) is 6.61 Å². The maximum Gasteiger partial charge on any atom is 0.0622 e. The van der Waals surface area contributed by atoms with E-state index in [0.29, 0.717) is 24.0 Å². The molecule has 2 aliphatic rings. The van der Waals surface area contributed by atoms with Crippen molar-refractivity contribution in [2.45, 2.75) is 49.7 Å². The first-order valence-electron chi connectivity index (χ1n) is 7.86. The van der Waals surface area contributed by atoms with Gasteiger partial charge in [-0.15, -0.1) is 0 Å². The molecule has 1 aromatic carbocycles. The number of ether oxygens (including phenoxy) is 1. The van der Waals surface area contributed by atoms with E-state index < -0.39 is 0 Å². The summed E-state index contributed by atoms with van der Waals surface area (Å²) >= 11 is 0. The predicted molar refractivity (Wildman–Crippen MR) is 81.8 cm³/mol. The van der Waals surface area contributed by atoms with Crippen LogP contribution in [0.5, 0.6) is 0 Å². The van der Waals surface area contributed by atoms with Gasteiger partial charge in [0, 0.05) is 24.7 Å². The van der Waals surface area contributed by atoms with Gasteiger partial charge in [-0.1, -0.05) is 30.3 Å². The summed E-state index contributed by atoms with van der Waals surface area (Å²) in [5, 5.41) is 0. The molecule has 0 amide bonds. The number of nitrogens with zero attached hydrogens (tertiary/aromatic N) is 1. The van der Waals surface area contributed by atoms with E-state index in [1.54, 1.807) is 0 Å². The third-order valence-electron chi connectivity index (χ3n) is 5.14. The Morgan fingerprint density at radius 3 is 2.65 bits per heavy atom. The molecule has 3 heteroatoms. The van der Waals surface area contributed by atoms with Gasteiger partial charge in [0.1, 0.15) is 0 Å². The summed E-state index contributed by atoms with van der Waals surface area (Å²) in [5.41, 5.74) is 7.88. The van der Waals surface area contributed by atoms with Crippen LogP contribution in [0.3, 0.4) is 0 Å². The van der Waals surface area contributed by atoms with Gasteiger partial charge in [-0.3, -0.25) is 4.90 Å². The first-order chi connectivity index (χ1) is 9.75. The second-order valence-electron chi connectivity index (χ2n) is 6.33. The summed E-state index contributed by atoms with van der Waals surface area (Å²) in [5.74, 6) is 0.658. The van der Waals surface area contributed by atoms with Gasteiger partial charge in [-0.25, -0.2) is 0 Å². The fourth-order valence-electron chi connectivity index (χ4n) is 3.78. The maximum atomic E-state index is 6.41. The van der Waals surface area contributed by atoms with Crippen LogP contribution in [0.2, 0.25) is 0 Å². The van der Waals surface area contributed by atoms with Gasteiger partial charge in [0.25, 0.3) is 0 Å². The van der Waals surface area contributed by atoms with Crippen molar-refractivity contribution < 1.29 is 4.74 Å². The molecule has 20 heavy (non-hydrogen) atoms. The zero-order valence-corrected chi connectivity index (χ0v) is 12.4. The fraction of sp³-hybridized carbons (Fsp3) is 0.647. The van der Waals surface area contributed by atoms with Crippen LogP contribution in [0, 0.1) is 0 Å². The Hall–Kier alpha value is -0.900. The smallest absolute Gasteiger partial charge is 0.0622 e. The Balaban J connectivity index is 1.70. The quantitative estimate of drug-likeness (QED) is 0.919. The summed E-state index contributed by atoms with van der Waals surface area (Å²) in [7, 11) is 2.23. The highest BCUT2D eigenvalue weighted by Crippen LogP contribution is 2.35. The van der Waals surface area contributed by atoms with Gasteiger partial charge in [-0.05, 0) is 44.2 Å². The molecule has 0 bridgehead atoms. The van der Waals surface area contributed by atoms with Crippen LogP contribution in [0.15, 0.2) is 30.3 Å². The van der Waals surface area contributed by atoms with E-state index >= 15 is 0 Å². The van der Waals surface area contributed by atoms with Gasteiger partial charge in [0.15, 0.2) is 0 Å². The van der Waals surface area contributed by atoms with Gasteiger partial charge < -0.3 is 10.5 Å². The van der Waals surface area contributed by atoms with Crippen molar-refractivity contribution in [3.05, 3.63) is 35.9 Å². The Morgan fingerprint density at radius 1 is 1.15 bits per heavy atom. The van der Waals surface area contributed by atoms with Crippen molar-refractivity contribution in [1.29, 1.82) is 0 Å². The molecular formula is C17H26N2O. The van der Waals surface area contributed by atoms with E-state index in [4.69, 9.17) is 10.5 Å². The third kappa shape index (κ3) is 2.90. The molecule has 1 aliphatic heterocycles. The van der Waals surface area contributed by atoms with Crippen molar-refractivity contribution in [3.8, 4) is 0 Å². The molecule has 4 unspecified atom stereocenters. The average Bonchev–Trinajstić information content (AvgIpc) is 3.02. The monoisotopic (exact) mass is 274 g/mol. The Bertz CT molecular complexity index is 416. The predicted octanol–water partition coefficient (Wildman–Crippen LogP) is 2.37. The van der Waals surface area contributed by atoms with Crippen molar-refractivity contribution in [1.82, 2.24) is 4.90 Å². The van der Waals surface area contributed by atoms with Gasteiger partial charge >= 0.3 is 0 Å². The lowest BCUT2D eigenvalue weighted by Crippen LogP contribution is -2.53. The normalized spacial score (nSPS) is 34.5. The summed E-state index contributed by atoms with van der Waals surface area (Å²) in [6.07, 6.45) is 4.67. The van der Waals surface area contributed by atoms with Crippen LogP contribution < -0.4 is 5.73 Å². The largest absolute Gasteiger partial charge is 0.380 e. The minimum Gasteiger partial charge on any atom is -0.380 e. The second-order valence-corrected chi connectivity index (χ2v) is 6.33. The highest BCUT2D eigenvalue weighted by atomic mass is 16.5. The van der Waals surface area contributed by atoms with Crippen LogP contribution in [0.1, 0.15) is 37.2 Å². The molecule has 0 aromatic heterocycles. The molecule has 2 fully saturated rings. The van der Waals surface area contributed by atoms with Crippen molar-refractivity contribution in [2.24, 2.45) is 5.73 Å². The minimum atomic E-state index is 0.306. The zero-order chi connectivity index (χ0) is 13.9. The van der Waals surface area contributed by atoms with Crippen LogP contribution in [0.4, 0.5) is 0 Å². The van der Waals surface area contributed by atoms with E-state index in [1.165, 1.54) is 18.4 Å². The number of hydrogen-bond donors (Lipinski definition) is 1. The SMILES string of the molecule is CN(C1CCOC1)C1CC(c2ccccc2)CCC1N. The highest BCUT2D eigenvalue weighted by molar-refractivity contribution is 5.21. The zero-order valence-electron chi connectivity index (χ0n) is 12.4. The van der Waals surface area contributed by atoms with E-state index in [2.05, 4.69) is 42.3 Å². The summed E-state index contributed by atoms with van der Waals surface area (Å²) in [4.78, 5) is 2.49. The fourth-order valence-corrected chi connectivity index (χ4v) is 3.78. The first-order valence-corrected chi connectivity index (χ1v) is 7.86. The summed E-state index contributed by atoms with van der Waals surface area (Å²) < 4.78 is 5.53. The van der Waals surface area contributed by atoms with Crippen molar-refractivity contribution >= 4 is 0 Å². The van der Waals surface area contributed by atoms with E-state index in [0.717, 1.165) is 26.1 Å². The van der Waals surface area contributed by atoms with Crippen molar-refractivity contribution in [2.75, 3.05) is 20.3 Å². The topological polar surface area (TPSA) is 38.5 Å². The lowest BCUT2D eigenvalue weighted by molar-refractivity contribution is 0.0958. The molecule has 2 N–H and O–H groups in total. The molecule has 4 atom stereocenters. The lowest BCUT2D eigenvalue weighted by Gasteiger charge is -2.42. The van der Waals surface area contributed by atoms with Crippen LogP contribution in [-0.2, 0) is 4.74 Å². The number of likely N-dealkylation sites (N-methyl/N-ethyl adjacent to an activating group) is 1. The van der Waals surface area contributed by atoms with E-state index in [1.807, 2.05) is 0 Å². The van der Waals surface area contributed by atoms with Crippen LogP contribution in [0.25, 0.3) is 0 Å². The lowest BCUT2D eigenvalue weighted by atomic mass is 9.78. The standard InChI is InChI=1S/C17H26N2O/c1-19(15-9-10-20-12-15)17-11-14(7-8-16(17)18)13-5-3-2-4-6-13/h2-6,14-17H,7-12,18H2,1H3. The number of hydrogen-bond acceptors (Lipinski definition) is 3. The molecule has 1 saturated carbocycles. The summed E-state index contributed by atoms with van der Waals surface area (Å²) in [6.45, 7) is 1.77. The van der Waals surface area contributed by atoms with Crippen molar-refractivity contribution in [3.63, 3.8) is 0 Å². The number of rotatable bonds is 3. The molecule has 0 spiro atoms. The van der Waals surface area contributed by atoms with Gasteiger partial charge in [-0.2, -0.15) is 0 Å². The molecule has 110 valence electrons. The molecule has 1 aliphatic carbocycles. The highest BCUT2D eigenvalue weighted by Gasteiger charge is 2.35. The average molecular weight is 274 g/mol. The van der Waals surface area contributed by atoms with E-state index in [-0.39, 0.29) is 0 Å². The molecular weight excluding hydrogens is 248 g/mol. The summed E-state index contributed by atoms with van der Waals surface area (Å²) in [6, 6.07) is 12.3. The molecule has 3 rings (SSSR count). The minimum absolute atomic E-state index is 0.306. The Labute approximate surface area is 122 Å². The van der Waals surface area contributed by atoms with Crippen LogP contribution in [-0.4, -0.2) is 43.3 Å². The van der Waals surface area contributed by atoms with E-state index in [9.17, 15) is 0 Å². The molecule has 1 aromatic rings. The van der Waals surface area contributed by atoms with Gasteiger partial charge in [0.2, 0.25) is 0 Å². The molecule has 1 saturated heterocycles. The maximum absolute atomic E-state index is 6.41. The number of benzene rings is 1. The Kier molecular flexibility index (Phi) is 4.39. The van der Waals surface area contributed by atoms with Crippen LogP contribution >= 0.6 is 0 Å². The molecule has 1 heterocycles. The molecule has 0 radical (unpaired) electrons. The third-order valence-corrected chi connectivity index (χ3v) is 5.14. The number of nitrogens with two attached hydrogens (primary N) is 1. The Morgan fingerprint density at radius 2 is 1.95 bits per heavy atom. The second kappa shape index (κ2) is 6.25. The molecule has 3 nitrogen and oxygen atoms in total. The first kappa shape index (κ1) is 14.1.